The first-order valence-electron chi connectivity index (χ1n) is 4.49. The van der Waals surface area contributed by atoms with Gasteiger partial charge in [0.1, 0.15) is 0 Å². The summed E-state index contributed by atoms with van der Waals surface area (Å²) in [6, 6.07) is 7.27. The topological polar surface area (TPSA) is 38.7 Å². The van der Waals surface area contributed by atoms with Gasteiger partial charge in [-0.05, 0) is 36.3 Å². The Morgan fingerprint density at radius 2 is 2.40 bits per heavy atom. The van der Waals surface area contributed by atoms with Gasteiger partial charge in [-0.3, -0.25) is 0 Å². The summed E-state index contributed by atoms with van der Waals surface area (Å²) in [5.41, 5.74) is 1.59. The standard InChI is InChI=1S/C11H11NO2S/c1-14-11(13)10-4-2-3-9(7-10)5-6-12-8-15/h2-4,7H,5-6H2,1H3. The van der Waals surface area contributed by atoms with E-state index in [1.807, 2.05) is 12.1 Å². The second kappa shape index (κ2) is 6.06. The van der Waals surface area contributed by atoms with Crippen LogP contribution in [0.25, 0.3) is 0 Å². The normalized spacial score (nSPS) is 9.13. The zero-order valence-corrected chi connectivity index (χ0v) is 9.21. The van der Waals surface area contributed by atoms with E-state index in [4.69, 9.17) is 0 Å². The smallest absolute Gasteiger partial charge is 0.337 e. The molecule has 0 atom stereocenters. The third-order valence-corrected chi connectivity index (χ3v) is 2.05. The Morgan fingerprint density at radius 3 is 3.07 bits per heavy atom. The summed E-state index contributed by atoms with van der Waals surface area (Å²) < 4.78 is 4.63. The van der Waals surface area contributed by atoms with Crippen LogP contribution < -0.4 is 0 Å². The van der Waals surface area contributed by atoms with Crippen molar-refractivity contribution < 1.29 is 9.53 Å². The van der Waals surface area contributed by atoms with Crippen LogP contribution in [0.3, 0.4) is 0 Å². The molecule has 0 unspecified atom stereocenters. The largest absolute Gasteiger partial charge is 0.465 e. The van der Waals surface area contributed by atoms with Crippen LogP contribution in [0.5, 0.6) is 0 Å². The molecular weight excluding hydrogens is 210 g/mol. The lowest BCUT2D eigenvalue weighted by molar-refractivity contribution is 0.0600. The quantitative estimate of drug-likeness (QED) is 0.444. The molecule has 0 bridgehead atoms. The van der Waals surface area contributed by atoms with E-state index in [-0.39, 0.29) is 5.97 Å². The second-order valence-corrected chi connectivity index (χ2v) is 3.10. The lowest BCUT2D eigenvalue weighted by Crippen LogP contribution is -2.02. The Bertz CT molecular complexity index is 397. The number of thiocarbonyl (C=S) groups is 1. The summed E-state index contributed by atoms with van der Waals surface area (Å²) in [5, 5.41) is 2.30. The average Bonchev–Trinajstić information content (AvgIpc) is 2.29. The Hall–Kier alpha value is -1.51. The Balaban J connectivity index is 2.73. The van der Waals surface area contributed by atoms with E-state index < -0.39 is 0 Å². The van der Waals surface area contributed by atoms with E-state index in [0.717, 1.165) is 12.0 Å². The second-order valence-electron chi connectivity index (χ2n) is 2.91. The first kappa shape index (κ1) is 11.6. The Morgan fingerprint density at radius 1 is 1.60 bits per heavy atom. The van der Waals surface area contributed by atoms with Crippen molar-refractivity contribution in [3.8, 4) is 0 Å². The summed E-state index contributed by atoms with van der Waals surface area (Å²) in [6.45, 7) is 0.591. The zero-order valence-electron chi connectivity index (χ0n) is 8.40. The van der Waals surface area contributed by atoms with Gasteiger partial charge in [-0.2, -0.15) is 0 Å². The molecule has 0 saturated heterocycles. The molecular formula is C11H11NO2S. The molecule has 0 saturated carbocycles. The number of rotatable bonds is 4. The van der Waals surface area contributed by atoms with Crippen molar-refractivity contribution in [1.82, 2.24) is 0 Å². The van der Waals surface area contributed by atoms with E-state index in [2.05, 4.69) is 27.1 Å². The summed E-state index contributed by atoms with van der Waals surface area (Å²) in [6.07, 6.45) is 0.745. The van der Waals surface area contributed by atoms with E-state index in [0.29, 0.717) is 12.1 Å². The molecule has 0 aliphatic rings. The fourth-order valence-electron chi connectivity index (χ4n) is 1.20. The van der Waals surface area contributed by atoms with E-state index in [1.54, 1.807) is 12.1 Å². The molecule has 0 aromatic heterocycles. The van der Waals surface area contributed by atoms with Crippen LogP contribution in [-0.2, 0) is 11.2 Å². The maximum Gasteiger partial charge on any atom is 0.337 e. The van der Waals surface area contributed by atoms with Gasteiger partial charge in [0.25, 0.3) is 0 Å². The van der Waals surface area contributed by atoms with Gasteiger partial charge in [-0.1, -0.05) is 12.1 Å². The van der Waals surface area contributed by atoms with Crippen molar-refractivity contribution in [3.63, 3.8) is 0 Å². The number of isothiocyanates is 1. The number of hydrogen-bond donors (Lipinski definition) is 0. The molecule has 0 fully saturated rings. The molecule has 0 heterocycles. The van der Waals surface area contributed by atoms with Crippen LogP contribution in [-0.4, -0.2) is 24.8 Å². The van der Waals surface area contributed by atoms with E-state index in [9.17, 15) is 4.79 Å². The van der Waals surface area contributed by atoms with E-state index >= 15 is 0 Å². The number of nitrogens with zero attached hydrogens (tertiary/aromatic N) is 1. The van der Waals surface area contributed by atoms with Crippen molar-refractivity contribution in [1.29, 1.82) is 0 Å². The third kappa shape index (κ3) is 3.62. The lowest BCUT2D eigenvalue weighted by Gasteiger charge is -2.01. The van der Waals surface area contributed by atoms with E-state index in [1.165, 1.54) is 7.11 Å². The molecule has 1 aromatic carbocycles. The first-order valence-corrected chi connectivity index (χ1v) is 4.89. The monoisotopic (exact) mass is 221 g/mol. The maximum absolute atomic E-state index is 11.2. The van der Waals surface area contributed by atoms with Crippen molar-refractivity contribution >= 4 is 23.3 Å². The lowest BCUT2D eigenvalue weighted by atomic mass is 10.1. The molecule has 0 radical (unpaired) electrons. The van der Waals surface area contributed by atoms with Crippen LogP contribution in [0.1, 0.15) is 15.9 Å². The van der Waals surface area contributed by atoms with Gasteiger partial charge < -0.3 is 4.74 Å². The van der Waals surface area contributed by atoms with Crippen molar-refractivity contribution in [2.75, 3.05) is 13.7 Å². The van der Waals surface area contributed by atoms with Crippen molar-refractivity contribution in [2.45, 2.75) is 6.42 Å². The molecule has 4 heteroatoms. The SMILES string of the molecule is COC(=O)c1cccc(CCN=C=S)c1. The number of aliphatic imine (C=N–C) groups is 1. The summed E-state index contributed by atoms with van der Waals surface area (Å²) in [7, 11) is 1.37. The third-order valence-electron chi connectivity index (χ3n) is 1.92. The molecule has 0 aliphatic heterocycles. The number of benzene rings is 1. The number of ether oxygens (including phenoxy) is 1. The minimum absolute atomic E-state index is 0.324. The summed E-state index contributed by atoms with van der Waals surface area (Å²) >= 11 is 4.46. The van der Waals surface area contributed by atoms with Gasteiger partial charge >= 0.3 is 5.97 Å². The average molecular weight is 221 g/mol. The van der Waals surface area contributed by atoms with Gasteiger partial charge in [0, 0.05) is 0 Å². The van der Waals surface area contributed by atoms with Gasteiger partial charge in [-0.25, -0.2) is 9.79 Å². The molecule has 15 heavy (non-hydrogen) atoms. The number of carbonyl (C=O) groups is 1. The molecule has 78 valence electrons. The minimum Gasteiger partial charge on any atom is -0.465 e. The molecule has 0 aliphatic carbocycles. The molecule has 3 nitrogen and oxygen atoms in total. The number of methoxy groups -OCH3 is 1. The van der Waals surface area contributed by atoms with Crippen LogP contribution >= 0.6 is 12.2 Å². The minimum atomic E-state index is -0.324. The first-order chi connectivity index (χ1) is 7.27. The van der Waals surface area contributed by atoms with Crippen LogP contribution in [0.15, 0.2) is 29.3 Å². The van der Waals surface area contributed by atoms with Crippen LogP contribution in [0.4, 0.5) is 0 Å². The van der Waals surface area contributed by atoms with Crippen molar-refractivity contribution in [3.05, 3.63) is 35.4 Å². The predicted molar refractivity (Wildman–Crippen MR) is 61.4 cm³/mol. The predicted octanol–water partition coefficient (Wildman–Crippen LogP) is 2.12. The summed E-state index contributed by atoms with van der Waals surface area (Å²) in [4.78, 5) is 15.0. The Kier molecular flexibility index (Phi) is 4.68. The van der Waals surface area contributed by atoms with Gasteiger partial charge in [-0.15, -0.1) is 0 Å². The highest BCUT2D eigenvalue weighted by molar-refractivity contribution is 7.78. The highest BCUT2D eigenvalue weighted by Gasteiger charge is 2.04. The number of esters is 1. The fraction of sp³-hybridized carbons (Fsp3) is 0.273. The fourth-order valence-corrected chi connectivity index (χ4v) is 1.29. The van der Waals surface area contributed by atoms with Crippen LogP contribution in [0.2, 0.25) is 0 Å². The molecule has 0 amide bonds. The molecule has 0 spiro atoms. The highest BCUT2D eigenvalue weighted by atomic mass is 32.1. The zero-order chi connectivity index (χ0) is 11.1. The number of carbonyl (C=O) groups excluding carboxylic acids is 1. The number of hydrogen-bond acceptors (Lipinski definition) is 4. The van der Waals surface area contributed by atoms with Crippen molar-refractivity contribution in [2.24, 2.45) is 4.99 Å². The molecule has 0 N–H and O–H groups in total. The Labute approximate surface area is 93.8 Å². The molecule has 1 rings (SSSR count). The van der Waals surface area contributed by atoms with Gasteiger partial charge in [0.05, 0.1) is 24.4 Å². The maximum atomic E-state index is 11.2. The molecule has 1 aromatic rings. The summed E-state index contributed by atoms with van der Waals surface area (Å²) in [5.74, 6) is -0.324. The highest BCUT2D eigenvalue weighted by Crippen LogP contribution is 2.07. The van der Waals surface area contributed by atoms with Crippen LogP contribution in [0, 0.1) is 0 Å². The van der Waals surface area contributed by atoms with Gasteiger partial charge in [0.2, 0.25) is 0 Å². The van der Waals surface area contributed by atoms with Gasteiger partial charge in [0.15, 0.2) is 0 Å².